The minimum absolute atomic E-state index is 0.00626. The Morgan fingerprint density at radius 1 is 1.42 bits per heavy atom. The fourth-order valence-electron chi connectivity index (χ4n) is 3.14. The lowest BCUT2D eigenvalue weighted by molar-refractivity contribution is -0.129. The largest absolute Gasteiger partial charge is 0.356 e. The van der Waals surface area contributed by atoms with Crippen molar-refractivity contribution in [2.45, 2.75) is 45.6 Å². The molecule has 2 heterocycles. The minimum atomic E-state index is 0.00626. The van der Waals surface area contributed by atoms with Gasteiger partial charge in [-0.2, -0.15) is 5.10 Å². The van der Waals surface area contributed by atoms with Crippen molar-refractivity contribution in [2.24, 2.45) is 0 Å². The van der Waals surface area contributed by atoms with E-state index in [9.17, 15) is 9.59 Å². The van der Waals surface area contributed by atoms with Crippen molar-refractivity contribution >= 4 is 11.8 Å². The molecule has 24 heavy (non-hydrogen) atoms. The molecule has 7 nitrogen and oxygen atoms in total. The maximum absolute atomic E-state index is 12.1. The predicted octanol–water partition coefficient (Wildman–Crippen LogP) is 0.628. The number of H-pyrrole nitrogens is 1. The number of likely N-dealkylation sites (tertiary alicyclic amines) is 1. The number of aromatic nitrogens is 2. The second-order valence-electron chi connectivity index (χ2n) is 6.81. The number of rotatable bonds is 8. The lowest BCUT2D eigenvalue weighted by Gasteiger charge is -2.26. The lowest BCUT2D eigenvalue weighted by atomic mass is 10.1. The van der Waals surface area contributed by atoms with E-state index in [2.05, 4.69) is 20.4 Å². The highest BCUT2D eigenvalue weighted by Gasteiger charge is 2.30. The highest BCUT2D eigenvalue weighted by Crippen LogP contribution is 2.20. The van der Waals surface area contributed by atoms with Gasteiger partial charge in [0.1, 0.15) is 0 Å². The van der Waals surface area contributed by atoms with E-state index < -0.39 is 0 Å². The van der Waals surface area contributed by atoms with Crippen LogP contribution in [0.15, 0.2) is 0 Å². The zero-order valence-electron chi connectivity index (χ0n) is 15.2. The summed E-state index contributed by atoms with van der Waals surface area (Å²) in [7, 11) is 4.02. The number of nitrogens with zero attached hydrogens (tertiary/aromatic N) is 3. The van der Waals surface area contributed by atoms with Crippen molar-refractivity contribution in [3.63, 3.8) is 0 Å². The van der Waals surface area contributed by atoms with Crippen LogP contribution < -0.4 is 5.32 Å². The van der Waals surface area contributed by atoms with Gasteiger partial charge in [0, 0.05) is 43.4 Å². The van der Waals surface area contributed by atoms with E-state index in [0.717, 1.165) is 42.9 Å². The summed E-state index contributed by atoms with van der Waals surface area (Å²) in [5, 5.41) is 9.98. The third kappa shape index (κ3) is 4.80. The zero-order valence-corrected chi connectivity index (χ0v) is 15.2. The third-order valence-corrected chi connectivity index (χ3v) is 4.66. The molecule has 134 valence electrons. The number of carbonyl (C=O) groups excluding carboxylic acids is 2. The number of hydrogen-bond acceptors (Lipinski definition) is 4. The summed E-state index contributed by atoms with van der Waals surface area (Å²) in [5.74, 6) is 0.240. The summed E-state index contributed by atoms with van der Waals surface area (Å²) in [5.41, 5.74) is 2.79. The molecule has 0 saturated carbocycles. The molecule has 1 aromatic rings. The van der Waals surface area contributed by atoms with E-state index in [1.54, 1.807) is 0 Å². The first-order valence-corrected chi connectivity index (χ1v) is 8.59. The van der Waals surface area contributed by atoms with Crippen LogP contribution in [-0.2, 0) is 16.0 Å². The van der Waals surface area contributed by atoms with Gasteiger partial charge in [0.25, 0.3) is 0 Å². The van der Waals surface area contributed by atoms with Crippen molar-refractivity contribution in [1.29, 1.82) is 0 Å². The summed E-state index contributed by atoms with van der Waals surface area (Å²) < 4.78 is 0. The molecule has 1 saturated heterocycles. The molecule has 2 rings (SSSR count). The summed E-state index contributed by atoms with van der Waals surface area (Å²) in [4.78, 5) is 28.2. The Morgan fingerprint density at radius 2 is 2.17 bits per heavy atom. The summed E-state index contributed by atoms with van der Waals surface area (Å²) in [6, 6.07) is 0.246. The Kier molecular flexibility index (Phi) is 6.36. The maximum atomic E-state index is 12.1. The molecule has 1 atom stereocenters. The first kappa shape index (κ1) is 18.4. The Morgan fingerprint density at radius 3 is 2.79 bits per heavy atom. The molecule has 1 aliphatic rings. The molecule has 0 bridgehead atoms. The Bertz CT molecular complexity index is 562. The van der Waals surface area contributed by atoms with Gasteiger partial charge < -0.3 is 15.1 Å². The Hall–Kier alpha value is -1.89. The topological polar surface area (TPSA) is 81.3 Å². The van der Waals surface area contributed by atoms with Gasteiger partial charge in [-0.05, 0) is 40.8 Å². The zero-order chi connectivity index (χ0) is 17.7. The van der Waals surface area contributed by atoms with E-state index >= 15 is 0 Å². The van der Waals surface area contributed by atoms with Crippen LogP contribution in [0.1, 0.15) is 36.2 Å². The summed E-state index contributed by atoms with van der Waals surface area (Å²) >= 11 is 0. The molecule has 1 unspecified atom stereocenters. The number of likely N-dealkylation sites (N-methyl/N-ethyl adjacent to an activating group) is 1. The molecular formula is C17H29N5O2. The highest BCUT2D eigenvalue weighted by atomic mass is 16.2. The van der Waals surface area contributed by atoms with Gasteiger partial charge >= 0.3 is 0 Å². The fraction of sp³-hybridized carbons (Fsp3) is 0.706. The SMILES string of the molecule is Cc1n[nH]c(C)c1CC(=O)NCCC1CCC(=O)N1CCN(C)C. The standard InChI is InChI=1S/C17H29N5O2/c1-12-15(13(2)20-19-12)11-16(23)18-8-7-14-5-6-17(24)22(14)10-9-21(3)4/h14H,5-11H2,1-4H3,(H,18,23)(H,19,20). The van der Waals surface area contributed by atoms with Crippen LogP contribution >= 0.6 is 0 Å². The van der Waals surface area contributed by atoms with E-state index in [4.69, 9.17) is 0 Å². The van der Waals surface area contributed by atoms with Gasteiger partial charge in [-0.15, -0.1) is 0 Å². The maximum Gasteiger partial charge on any atom is 0.224 e. The highest BCUT2D eigenvalue weighted by molar-refractivity contribution is 5.79. The van der Waals surface area contributed by atoms with E-state index in [1.165, 1.54) is 0 Å². The summed E-state index contributed by atoms with van der Waals surface area (Å²) in [6.45, 7) is 6.06. The number of amides is 2. The molecular weight excluding hydrogens is 306 g/mol. The molecule has 2 N–H and O–H groups in total. The number of carbonyl (C=O) groups is 2. The first-order valence-electron chi connectivity index (χ1n) is 8.59. The summed E-state index contributed by atoms with van der Waals surface area (Å²) in [6.07, 6.45) is 2.68. The quantitative estimate of drug-likeness (QED) is 0.730. The Labute approximate surface area is 143 Å². The minimum Gasteiger partial charge on any atom is -0.356 e. The van der Waals surface area contributed by atoms with Gasteiger partial charge in [0.15, 0.2) is 0 Å². The van der Waals surface area contributed by atoms with E-state index in [-0.39, 0.29) is 17.9 Å². The molecule has 1 aromatic heterocycles. The Balaban J connectivity index is 1.76. The van der Waals surface area contributed by atoms with E-state index in [1.807, 2.05) is 32.8 Å². The van der Waals surface area contributed by atoms with Gasteiger partial charge in [0.2, 0.25) is 11.8 Å². The van der Waals surface area contributed by atoms with Crippen LogP contribution in [0.5, 0.6) is 0 Å². The van der Waals surface area contributed by atoms with Gasteiger partial charge in [-0.3, -0.25) is 14.7 Å². The number of hydrogen-bond donors (Lipinski definition) is 2. The van der Waals surface area contributed by atoms with Crippen LogP contribution in [-0.4, -0.2) is 71.6 Å². The van der Waals surface area contributed by atoms with Crippen LogP contribution in [0.4, 0.5) is 0 Å². The fourth-order valence-corrected chi connectivity index (χ4v) is 3.14. The molecule has 0 aliphatic carbocycles. The number of aryl methyl sites for hydroxylation is 2. The molecule has 1 fully saturated rings. The predicted molar refractivity (Wildman–Crippen MR) is 92.7 cm³/mol. The average molecular weight is 335 g/mol. The molecule has 0 aromatic carbocycles. The van der Waals surface area contributed by atoms with Gasteiger partial charge in [0.05, 0.1) is 12.1 Å². The second kappa shape index (κ2) is 8.28. The molecule has 0 radical (unpaired) electrons. The van der Waals surface area contributed by atoms with Crippen LogP contribution in [0.3, 0.4) is 0 Å². The third-order valence-electron chi connectivity index (χ3n) is 4.66. The van der Waals surface area contributed by atoms with Crippen molar-refractivity contribution in [3.8, 4) is 0 Å². The van der Waals surface area contributed by atoms with Crippen LogP contribution in [0.25, 0.3) is 0 Å². The molecule has 1 aliphatic heterocycles. The first-order chi connectivity index (χ1) is 11.4. The van der Waals surface area contributed by atoms with Gasteiger partial charge in [-0.1, -0.05) is 0 Å². The second-order valence-corrected chi connectivity index (χ2v) is 6.81. The van der Waals surface area contributed by atoms with E-state index in [0.29, 0.717) is 19.4 Å². The van der Waals surface area contributed by atoms with Crippen molar-refractivity contribution in [3.05, 3.63) is 17.0 Å². The van der Waals surface area contributed by atoms with Crippen molar-refractivity contribution < 1.29 is 9.59 Å². The molecule has 0 spiro atoms. The molecule has 2 amide bonds. The number of nitrogens with one attached hydrogen (secondary N) is 2. The normalized spacial score (nSPS) is 17.8. The molecule has 7 heteroatoms. The number of aromatic amines is 1. The van der Waals surface area contributed by atoms with Crippen molar-refractivity contribution in [1.82, 2.24) is 25.3 Å². The monoisotopic (exact) mass is 335 g/mol. The van der Waals surface area contributed by atoms with Crippen LogP contribution in [0, 0.1) is 13.8 Å². The van der Waals surface area contributed by atoms with Gasteiger partial charge in [-0.25, -0.2) is 0 Å². The smallest absolute Gasteiger partial charge is 0.224 e. The van der Waals surface area contributed by atoms with Crippen LogP contribution in [0.2, 0.25) is 0 Å². The average Bonchev–Trinajstić information content (AvgIpc) is 3.02. The van der Waals surface area contributed by atoms with Crippen molar-refractivity contribution in [2.75, 3.05) is 33.7 Å². The lowest BCUT2D eigenvalue weighted by Crippen LogP contribution is -2.40.